The van der Waals surface area contributed by atoms with Gasteiger partial charge in [0.25, 0.3) is 0 Å². The molecule has 3 aromatic rings. The topological polar surface area (TPSA) is 116 Å². The monoisotopic (exact) mass is 418 g/mol. The third-order valence-electron chi connectivity index (χ3n) is 4.61. The van der Waals surface area contributed by atoms with Crippen molar-refractivity contribution in [1.29, 1.82) is 5.26 Å². The first-order chi connectivity index (χ1) is 13.7. The predicted octanol–water partition coefficient (Wildman–Crippen LogP) is 3.48. The number of H-pyrrole nitrogens is 1. The number of ketones is 1. The fraction of sp³-hybridized carbons (Fsp3) is 0.211. The number of pyridine rings is 1. The van der Waals surface area contributed by atoms with Crippen molar-refractivity contribution in [2.24, 2.45) is 0 Å². The molecule has 2 N–H and O–H groups in total. The third kappa shape index (κ3) is 3.56. The van der Waals surface area contributed by atoms with Gasteiger partial charge in [0.15, 0.2) is 5.82 Å². The Morgan fingerprint density at radius 1 is 1.34 bits per heavy atom. The van der Waals surface area contributed by atoms with Gasteiger partial charge in [-0.15, -0.1) is 0 Å². The number of hydrogen-bond donors (Lipinski definition) is 2. The number of aromatic amines is 1. The molecule has 0 radical (unpaired) electrons. The molecule has 29 heavy (non-hydrogen) atoms. The molecule has 0 bridgehead atoms. The summed E-state index contributed by atoms with van der Waals surface area (Å²) in [6.07, 6.45) is 2.84. The molecular formula is C19H16F2N4O3S. The Morgan fingerprint density at radius 3 is 2.72 bits per heavy atom. The first kappa shape index (κ1) is 20.4. The Labute approximate surface area is 165 Å². The van der Waals surface area contributed by atoms with Crippen molar-refractivity contribution in [2.45, 2.75) is 25.5 Å². The summed E-state index contributed by atoms with van der Waals surface area (Å²) in [7, 11) is -3.92. The molecule has 1 aromatic carbocycles. The summed E-state index contributed by atoms with van der Waals surface area (Å²) < 4.78 is 55.9. The number of carbonyl (C=O) groups is 1. The first-order valence-corrected chi connectivity index (χ1v) is 10.2. The molecule has 0 aliphatic carbocycles. The SMILES string of the molecule is CC[C@H](C)S(=O)(=O)Nc1ccc(F)c(C(=O)c2c[nH]c3nccc(C#N)c23)c1F. The first-order valence-electron chi connectivity index (χ1n) is 8.61. The van der Waals surface area contributed by atoms with E-state index in [0.717, 1.165) is 12.1 Å². The van der Waals surface area contributed by atoms with Crippen LogP contribution in [0.3, 0.4) is 0 Å². The van der Waals surface area contributed by atoms with Gasteiger partial charge in [-0.1, -0.05) is 6.92 Å². The van der Waals surface area contributed by atoms with Crippen LogP contribution in [0.25, 0.3) is 11.0 Å². The van der Waals surface area contributed by atoms with Crippen molar-refractivity contribution < 1.29 is 22.0 Å². The molecule has 0 unspecified atom stereocenters. The zero-order valence-corrected chi connectivity index (χ0v) is 16.3. The molecule has 10 heteroatoms. The largest absolute Gasteiger partial charge is 0.345 e. The number of nitrogens with one attached hydrogen (secondary N) is 2. The second-order valence-electron chi connectivity index (χ2n) is 6.38. The van der Waals surface area contributed by atoms with Gasteiger partial charge in [0.05, 0.1) is 33.7 Å². The second kappa shape index (κ2) is 7.60. The lowest BCUT2D eigenvalue weighted by Crippen LogP contribution is -2.25. The maximum atomic E-state index is 15.0. The van der Waals surface area contributed by atoms with Gasteiger partial charge in [0.1, 0.15) is 11.5 Å². The highest BCUT2D eigenvalue weighted by molar-refractivity contribution is 7.93. The predicted molar refractivity (Wildman–Crippen MR) is 103 cm³/mol. The lowest BCUT2D eigenvalue weighted by atomic mass is 10.00. The van der Waals surface area contributed by atoms with E-state index in [9.17, 15) is 27.3 Å². The Kier molecular flexibility index (Phi) is 5.35. The number of fused-ring (bicyclic) bond motifs is 1. The fourth-order valence-corrected chi connectivity index (χ4v) is 3.88. The van der Waals surface area contributed by atoms with E-state index in [-0.39, 0.29) is 28.6 Å². The molecule has 3 rings (SSSR count). The van der Waals surface area contributed by atoms with Gasteiger partial charge in [-0.2, -0.15) is 5.26 Å². The normalized spacial score (nSPS) is 12.5. The van der Waals surface area contributed by atoms with Gasteiger partial charge in [-0.3, -0.25) is 9.52 Å². The zero-order valence-electron chi connectivity index (χ0n) is 15.5. The molecule has 1 atom stereocenters. The lowest BCUT2D eigenvalue weighted by molar-refractivity contribution is 0.103. The molecule has 0 saturated heterocycles. The van der Waals surface area contributed by atoms with Crippen LogP contribution in [0, 0.1) is 23.0 Å². The summed E-state index contributed by atoms with van der Waals surface area (Å²) in [5.41, 5.74) is -1.29. The molecular weight excluding hydrogens is 402 g/mol. The standard InChI is InChI=1S/C19H16F2N4O3S/c1-3-10(2)29(27,28)25-14-5-4-13(20)16(17(14)21)18(26)12-9-24-19-15(12)11(8-22)6-7-23-19/h4-7,9-10,25H,3H2,1-2H3,(H,23,24)/t10-/m0/s1. The number of anilines is 1. The van der Waals surface area contributed by atoms with E-state index < -0.39 is 43.9 Å². The number of halogens is 2. The van der Waals surface area contributed by atoms with E-state index in [0.29, 0.717) is 0 Å². The Hall–Kier alpha value is -3.32. The van der Waals surface area contributed by atoms with Crippen molar-refractivity contribution in [3.8, 4) is 6.07 Å². The highest BCUT2D eigenvalue weighted by atomic mass is 32.2. The molecule has 0 aliphatic heterocycles. The van der Waals surface area contributed by atoms with Crippen LogP contribution in [0.5, 0.6) is 0 Å². The van der Waals surface area contributed by atoms with Gasteiger partial charge in [-0.05, 0) is 31.5 Å². The maximum absolute atomic E-state index is 15.0. The summed E-state index contributed by atoms with van der Waals surface area (Å²) >= 11 is 0. The third-order valence-corrected chi connectivity index (χ3v) is 6.51. The number of nitrogens with zero attached hydrogens (tertiary/aromatic N) is 2. The minimum atomic E-state index is -3.92. The second-order valence-corrected chi connectivity index (χ2v) is 8.47. The van der Waals surface area contributed by atoms with Crippen molar-refractivity contribution in [1.82, 2.24) is 9.97 Å². The number of benzene rings is 1. The number of aromatic nitrogens is 2. The summed E-state index contributed by atoms with van der Waals surface area (Å²) in [6.45, 7) is 3.09. The van der Waals surface area contributed by atoms with Gasteiger partial charge in [0.2, 0.25) is 15.8 Å². The van der Waals surface area contributed by atoms with Gasteiger partial charge >= 0.3 is 0 Å². The van der Waals surface area contributed by atoms with Gasteiger partial charge in [-0.25, -0.2) is 22.2 Å². The van der Waals surface area contributed by atoms with E-state index in [4.69, 9.17) is 0 Å². The van der Waals surface area contributed by atoms with Gasteiger partial charge < -0.3 is 4.98 Å². The Bertz CT molecular complexity index is 1260. The van der Waals surface area contributed by atoms with Crippen LogP contribution in [-0.2, 0) is 10.0 Å². The molecule has 0 amide bonds. The smallest absolute Gasteiger partial charge is 0.235 e. The maximum Gasteiger partial charge on any atom is 0.235 e. The van der Waals surface area contributed by atoms with Crippen molar-refractivity contribution in [3.05, 3.63) is 58.9 Å². The quantitative estimate of drug-likeness (QED) is 0.595. The number of carbonyl (C=O) groups excluding carboxylic acids is 1. The van der Waals surface area contributed by atoms with E-state index >= 15 is 0 Å². The van der Waals surface area contributed by atoms with Crippen molar-refractivity contribution in [2.75, 3.05) is 4.72 Å². The molecule has 0 fully saturated rings. The van der Waals surface area contributed by atoms with E-state index in [1.54, 1.807) is 6.92 Å². The van der Waals surface area contributed by atoms with Crippen LogP contribution in [0.1, 0.15) is 41.8 Å². The minimum absolute atomic E-state index is 0.106. The van der Waals surface area contributed by atoms with E-state index in [2.05, 4.69) is 14.7 Å². The van der Waals surface area contributed by atoms with Gasteiger partial charge in [0, 0.05) is 17.8 Å². The molecule has 2 heterocycles. The highest BCUT2D eigenvalue weighted by Crippen LogP contribution is 2.29. The minimum Gasteiger partial charge on any atom is -0.345 e. The molecule has 0 aliphatic rings. The number of rotatable bonds is 6. The number of hydrogen-bond acceptors (Lipinski definition) is 5. The fourth-order valence-electron chi connectivity index (χ4n) is 2.78. The van der Waals surface area contributed by atoms with Crippen molar-refractivity contribution >= 4 is 32.5 Å². The van der Waals surface area contributed by atoms with Crippen LogP contribution < -0.4 is 4.72 Å². The molecule has 0 spiro atoms. The lowest BCUT2D eigenvalue weighted by Gasteiger charge is -2.15. The van der Waals surface area contributed by atoms with Crippen LogP contribution in [-0.4, -0.2) is 29.4 Å². The van der Waals surface area contributed by atoms with E-state index in [1.165, 1.54) is 25.4 Å². The van der Waals surface area contributed by atoms with Crippen molar-refractivity contribution in [3.63, 3.8) is 0 Å². The average Bonchev–Trinajstić information content (AvgIpc) is 3.13. The Balaban J connectivity index is 2.13. The van der Waals surface area contributed by atoms with Crippen LogP contribution >= 0.6 is 0 Å². The molecule has 150 valence electrons. The summed E-state index contributed by atoms with van der Waals surface area (Å²) in [5, 5.41) is 8.57. The number of sulfonamides is 1. The number of nitriles is 1. The zero-order chi connectivity index (χ0) is 21.3. The highest BCUT2D eigenvalue weighted by Gasteiger charge is 2.27. The average molecular weight is 418 g/mol. The van der Waals surface area contributed by atoms with Crippen LogP contribution in [0.15, 0.2) is 30.6 Å². The molecule has 2 aromatic heterocycles. The molecule has 7 nitrogen and oxygen atoms in total. The van der Waals surface area contributed by atoms with E-state index in [1.807, 2.05) is 6.07 Å². The van der Waals surface area contributed by atoms with Crippen LogP contribution in [0.2, 0.25) is 0 Å². The summed E-state index contributed by atoms with van der Waals surface area (Å²) in [4.78, 5) is 19.6. The summed E-state index contributed by atoms with van der Waals surface area (Å²) in [6, 6.07) is 5.00. The van der Waals surface area contributed by atoms with Crippen LogP contribution in [0.4, 0.5) is 14.5 Å². The molecule has 0 saturated carbocycles. The Morgan fingerprint density at radius 2 is 2.07 bits per heavy atom. The summed E-state index contributed by atoms with van der Waals surface area (Å²) in [5.74, 6) is -3.53.